The van der Waals surface area contributed by atoms with Crippen molar-refractivity contribution in [3.8, 4) is 0 Å². The van der Waals surface area contributed by atoms with Gasteiger partial charge in [0, 0.05) is 42.6 Å². The number of likely N-dealkylation sites (tertiary alicyclic amines) is 1. The molecule has 0 aromatic heterocycles. The van der Waals surface area contributed by atoms with Crippen molar-refractivity contribution in [3.63, 3.8) is 0 Å². The smallest absolute Gasteiger partial charge is 0.273 e. The van der Waals surface area contributed by atoms with Crippen LogP contribution in [0.15, 0.2) is 18.2 Å². The molecule has 0 aliphatic carbocycles. The van der Waals surface area contributed by atoms with Gasteiger partial charge in [0.1, 0.15) is 5.78 Å². The van der Waals surface area contributed by atoms with Crippen LogP contribution in [0.25, 0.3) is 0 Å². The van der Waals surface area contributed by atoms with Gasteiger partial charge in [-0.15, -0.1) is 0 Å². The van der Waals surface area contributed by atoms with Gasteiger partial charge >= 0.3 is 0 Å². The normalized spacial score (nSPS) is 19.0. The van der Waals surface area contributed by atoms with E-state index in [2.05, 4.69) is 0 Å². The summed E-state index contributed by atoms with van der Waals surface area (Å²) in [4.78, 5) is 35.9. The van der Waals surface area contributed by atoms with Crippen LogP contribution in [-0.4, -0.2) is 34.6 Å². The predicted octanol–water partition coefficient (Wildman–Crippen LogP) is 1.95. The molecule has 1 atom stereocenters. The van der Waals surface area contributed by atoms with Gasteiger partial charge in [0.15, 0.2) is 0 Å². The number of Topliss-reactive ketones (excluding diaryl/α,β-unsaturated/α-hetero) is 1. The van der Waals surface area contributed by atoms with E-state index in [-0.39, 0.29) is 23.3 Å². The number of hydrogen-bond acceptors (Lipinski definition) is 4. The molecule has 1 heterocycles. The van der Waals surface area contributed by atoms with Crippen molar-refractivity contribution in [1.29, 1.82) is 0 Å². The number of nitro benzene ring substituents is 1. The minimum Gasteiger partial charge on any atom is -0.337 e. The second-order valence-corrected chi connectivity index (χ2v) is 5.08. The molecule has 1 aromatic rings. The van der Waals surface area contributed by atoms with Crippen LogP contribution in [0.5, 0.6) is 0 Å². The molecule has 0 N–H and O–H groups in total. The molecule has 106 valence electrons. The number of rotatable bonds is 2. The minimum absolute atomic E-state index is 0.0583. The fourth-order valence-corrected chi connectivity index (χ4v) is 2.42. The van der Waals surface area contributed by atoms with Crippen LogP contribution in [0.1, 0.15) is 29.3 Å². The molecule has 2 rings (SSSR count). The van der Waals surface area contributed by atoms with Crippen LogP contribution in [0.4, 0.5) is 5.69 Å². The monoisotopic (exact) mass is 276 g/mol. The van der Waals surface area contributed by atoms with E-state index in [4.69, 9.17) is 0 Å². The number of nitrogens with zero attached hydrogens (tertiary/aromatic N) is 2. The van der Waals surface area contributed by atoms with Crippen molar-refractivity contribution < 1.29 is 14.5 Å². The lowest BCUT2D eigenvalue weighted by molar-refractivity contribution is -0.385. The Hall–Kier alpha value is -2.24. The molecular weight excluding hydrogens is 260 g/mol. The lowest BCUT2D eigenvalue weighted by atomic mass is 9.97. The molecule has 1 fully saturated rings. The van der Waals surface area contributed by atoms with Crippen LogP contribution >= 0.6 is 0 Å². The van der Waals surface area contributed by atoms with Crippen LogP contribution in [0.2, 0.25) is 0 Å². The zero-order valence-corrected chi connectivity index (χ0v) is 11.5. The summed E-state index contributed by atoms with van der Waals surface area (Å²) in [6.07, 6.45) is 0.348. The maximum atomic E-state index is 12.4. The Labute approximate surface area is 116 Å². The van der Waals surface area contributed by atoms with Crippen LogP contribution in [-0.2, 0) is 4.79 Å². The number of piperidine rings is 1. The van der Waals surface area contributed by atoms with Crippen molar-refractivity contribution in [2.75, 3.05) is 13.1 Å². The molecule has 1 amide bonds. The molecule has 1 aliphatic heterocycles. The predicted molar refractivity (Wildman–Crippen MR) is 72.5 cm³/mol. The number of hydrogen-bond donors (Lipinski definition) is 0. The second-order valence-electron chi connectivity index (χ2n) is 5.08. The molecule has 0 bridgehead atoms. The number of benzene rings is 1. The number of amides is 1. The number of carbonyl (C=O) groups excluding carboxylic acids is 2. The van der Waals surface area contributed by atoms with Crippen molar-refractivity contribution in [1.82, 2.24) is 4.90 Å². The summed E-state index contributed by atoms with van der Waals surface area (Å²) in [6, 6.07) is 4.48. The summed E-state index contributed by atoms with van der Waals surface area (Å²) >= 11 is 0. The fraction of sp³-hybridized carbons (Fsp3) is 0.429. The molecule has 6 nitrogen and oxygen atoms in total. The van der Waals surface area contributed by atoms with Gasteiger partial charge in [-0.3, -0.25) is 19.7 Å². The highest BCUT2D eigenvalue weighted by molar-refractivity contribution is 5.97. The van der Waals surface area contributed by atoms with Crippen molar-refractivity contribution in [2.45, 2.75) is 20.3 Å². The summed E-state index contributed by atoms with van der Waals surface area (Å²) in [5, 5.41) is 10.9. The zero-order valence-electron chi connectivity index (χ0n) is 11.5. The van der Waals surface area contributed by atoms with Crippen LogP contribution in [0, 0.1) is 23.0 Å². The Morgan fingerprint density at radius 1 is 1.45 bits per heavy atom. The van der Waals surface area contributed by atoms with Crippen LogP contribution in [0.3, 0.4) is 0 Å². The molecular formula is C14H16N2O4. The van der Waals surface area contributed by atoms with E-state index in [0.29, 0.717) is 30.6 Å². The molecule has 6 heteroatoms. The van der Waals surface area contributed by atoms with E-state index in [1.165, 1.54) is 12.1 Å². The van der Waals surface area contributed by atoms with Gasteiger partial charge in [0.2, 0.25) is 0 Å². The topological polar surface area (TPSA) is 80.5 Å². The molecule has 0 spiro atoms. The van der Waals surface area contributed by atoms with Crippen LogP contribution < -0.4 is 0 Å². The van der Waals surface area contributed by atoms with E-state index in [9.17, 15) is 19.7 Å². The summed E-state index contributed by atoms with van der Waals surface area (Å²) in [5.74, 6) is -0.262. The van der Waals surface area contributed by atoms with E-state index < -0.39 is 4.92 Å². The first-order valence-corrected chi connectivity index (χ1v) is 6.47. The Kier molecular flexibility index (Phi) is 3.83. The fourth-order valence-electron chi connectivity index (χ4n) is 2.42. The third kappa shape index (κ3) is 2.54. The van der Waals surface area contributed by atoms with E-state index in [0.717, 1.165) is 0 Å². The number of ketones is 1. The highest BCUT2D eigenvalue weighted by Gasteiger charge is 2.29. The highest BCUT2D eigenvalue weighted by atomic mass is 16.6. The lowest BCUT2D eigenvalue weighted by Gasteiger charge is -2.30. The third-order valence-electron chi connectivity index (χ3n) is 3.69. The van der Waals surface area contributed by atoms with E-state index in [1.807, 2.05) is 0 Å². The zero-order chi connectivity index (χ0) is 14.9. The molecule has 1 aliphatic rings. The first-order valence-electron chi connectivity index (χ1n) is 6.47. The quantitative estimate of drug-likeness (QED) is 0.610. The van der Waals surface area contributed by atoms with Gasteiger partial charge in [-0.1, -0.05) is 13.0 Å². The Morgan fingerprint density at radius 3 is 2.75 bits per heavy atom. The van der Waals surface area contributed by atoms with Gasteiger partial charge in [0.05, 0.1) is 4.92 Å². The molecule has 20 heavy (non-hydrogen) atoms. The maximum Gasteiger partial charge on any atom is 0.273 e. The molecule has 0 saturated carbocycles. The SMILES string of the molecule is Cc1c(C(=O)N2CCC(=O)C(C)C2)cccc1[N+](=O)[O-]. The average Bonchev–Trinajstić information content (AvgIpc) is 2.41. The summed E-state index contributed by atoms with van der Waals surface area (Å²) in [7, 11) is 0. The first-order chi connectivity index (χ1) is 9.41. The maximum absolute atomic E-state index is 12.4. The van der Waals surface area contributed by atoms with E-state index >= 15 is 0 Å². The molecule has 1 unspecified atom stereocenters. The van der Waals surface area contributed by atoms with Gasteiger partial charge in [-0.2, -0.15) is 0 Å². The Bertz CT molecular complexity index is 583. The molecule has 1 aromatic carbocycles. The Balaban J connectivity index is 2.28. The summed E-state index contributed by atoms with van der Waals surface area (Å²) < 4.78 is 0. The lowest BCUT2D eigenvalue weighted by Crippen LogP contribution is -2.43. The van der Waals surface area contributed by atoms with E-state index in [1.54, 1.807) is 24.8 Å². The van der Waals surface area contributed by atoms with Gasteiger partial charge in [-0.25, -0.2) is 0 Å². The van der Waals surface area contributed by atoms with Gasteiger partial charge < -0.3 is 4.90 Å². The summed E-state index contributed by atoms with van der Waals surface area (Å²) in [5.41, 5.74) is 0.643. The van der Waals surface area contributed by atoms with Crippen molar-refractivity contribution in [3.05, 3.63) is 39.4 Å². The molecule has 1 saturated heterocycles. The Morgan fingerprint density at radius 2 is 2.15 bits per heavy atom. The second kappa shape index (κ2) is 5.40. The average molecular weight is 276 g/mol. The minimum atomic E-state index is -0.492. The van der Waals surface area contributed by atoms with Gasteiger partial charge in [-0.05, 0) is 13.0 Å². The number of carbonyl (C=O) groups is 2. The van der Waals surface area contributed by atoms with Crippen molar-refractivity contribution in [2.24, 2.45) is 5.92 Å². The third-order valence-corrected chi connectivity index (χ3v) is 3.69. The standard InChI is InChI=1S/C14H16N2O4/c1-9-8-15(7-6-13(9)17)14(18)11-4-3-5-12(10(11)2)16(19)20/h3-5,9H,6-8H2,1-2H3. The summed E-state index contributed by atoms with van der Waals surface area (Å²) in [6.45, 7) is 4.12. The first kappa shape index (κ1) is 14.2. The number of nitro groups is 1. The highest BCUT2D eigenvalue weighted by Crippen LogP contribution is 2.23. The van der Waals surface area contributed by atoms with Gasteiger partial charge in [0.25, 0.3) is 11.6 Å². The molecule has 0 radical (unpaired) electrons. The van der Waals surface area contributed by atoms with Crippen molar-refractivity contribution >= 4 is 17.4 Å². The largest absolute Gasteiger partial charge is 0.337 e.